The molecule has 2 N–H and O–H groups in total. The fraction of sp³-hybridized carbons (Fsp3) is 0.421. The van der Waals surface area contributed by atoms with Crippen LogP contribution in [0.25, 0.3) is 11.0 Å². The Labute approximate surface area is 151 Å². The summed E-state index contributed by atoms with van der Waals surface area (Å²) < 4.78 is 10.9. The highest BCUT2D eigenvalue weighted by Gasteiger charge is 2.23. The van der Waals surface area contributed by atoms with E-state index in [0.717, 1.165) is 10.9 Å². The van der Waals surface area contributed by atoms with Crippen molar-refractivity contribution in [2.75, 3.05) is 0 Å². The fourth-order valence-corrected chi connectivity index (χ4v) is 2.59. The van der Waals surface area contributed by atoms with E-state index in [1.165, 1.54) is 6.92 Å². The van der Waals surface area contributed by atoms with Gasteiger partial charge in [-0.1, -0.05) is 13.3 Å². The first-order valence-electron chi connectivity index (χ1n) is 8.48. The van der Waals surface area contributed by atoms with Crippen molar-refractivity contribution in [3.8, 4) is 5.75 Å². The molecule has 26 heavy (non-hydrogen) atoms. The topological polar surface area (TPSA) is 106 Å². The Morgan fingerprint density at radius 1 is 1.27 bits per heavy atom. The fourth-order valence-electron chi connectivity index (χ4n) is 2.59. The Balaban J connectivity index is 2.17. The number of carboxylic acid groups (broad SMARTS) is 1. The monoisotopic (exact) mass is 361 g/mol. The zero-order chi connectivity index (χ0) is 19.4. The number of hydrogen-bond acceptors (Lipinski definition) is 5. The lowest BCUT2D eigenvalue weighted by molar-refractivity contribution is -0.143. The van der Waals surface area contributed by atoms with E-state index >= 15 is 0 Å². The molecule has 7 nitrogen and oxygen atoms in total. The van der Waals surface area contributed by atoms with Crippen LogP contribution in [0.5, 0.6) is 5.75 Å². The van der Waals surface area contributed by atoms with Gasteiger partial charge in [0.1, 0.15) is 17.4 Å². The number of aliphatic carboxylic acids is 1. The van der Waals surface area contributed by atoms with Crippen molar-refractivity contribution in [2.45, 2.75) is 52.7 Å². The van der Waals surface area contributed by atoms with E-state index in [4.69, 9.17) is 14.3 Å². The van der Waals surface area contributed by atoms with Gasteiger partial charge in [-0.3, -0.25) is 4.79 Å². The summed E-state index contributed by atoms with van der Waals surface area (Å²) >= 11 is 0. The van der Waals surface area contributed by atoms with Crippen molar-refractivity contribution in [1.82, 2.24) is 5.32 Å². The summed E-state index contributed by atoms with van der Waals surface area (Å²) in [6.07, 6.45) is 0.0760. The maximum absolute atomic E-state index is 12.2. The van der Waals surface area contributed by atoms with Gasteiger partial charge >= 0.3 is 11.6 Å². The van der Waals surface area contributed by atoms with Gasteiger partial charge in [-0.15, -0.1) is 0 Å². The SMILES string of the molecule is CCC[C@H](NC(=O)[C@@H](C)Oc1ccc2c(C)c(C)c(=O)oc2c1)C(=O)O. The van der Waals surface area contributed by atoms with Crippen molar-refractivity contribution in [2.24, 2.45) is 0 Å². The molecule has 1 amide bonds. The number of aryl methyl sites for hydroxylation is 1. The molecule has 0 aliphatic rings. The third kappa shape index (κ3) is 4.22. The van der Waals surface area contributed by atoms with Gasteiger partial charge in [0.2, 0.25) is 0 Å². The molecule has 0 radical (unpaired) electrons. The van der Waals surface area contributed by atoms with E-state index in [0.29, 0.717) is 29.7 Å². The minimum atomic E-state index is -1.08. The molecule has 0 saturated carbocycles. The molecular formula is C19H23NO6. The van der Waals surface area contributed by atoms with Gasteiger partial charge in [0, 0.05) is 17.0 Å². The number of hydrogen-bond donors (Lipinski definition) is 2. The number of benzene rings is 1. The predicted octanol–water partition coefficient (Wildman–Crippen LogP) is 2.55. The van der Waals surface area contributed by atoms with Crippen molar-refractivity contribution >= 4 is 22.8 Å². The summed E-state index contributed by atoms with van der Waals surface area (Å²) in [5, 5.41) is 12.4. The molecule has 140 valence electrons. The highest BCUT2D eigenvalue weighted by molar-refractivity contribution is 5.86. The van der Waals surface area contributed by atoms with Crippen LogP contribution in [-0.2, 0) is 9.59 Å². The second-order valence-corrected chi connectivity index (χ2v) is 6.25. The second kappa shape index (κ2) is 8.03. The van der Waals surface area contributed by atoms with Crippen LogP contribution in [0.3, 0.4) is 0 Å². The minimum absolute atomic E-state index is 0.341. The Hall–Kier alpha value is -2.83. The molecule has 2 aromatic rings. The number of fused-ring (bicyclic) bond motifs is 1. The number of amides is 1. The molecule has 2 rings (SSSR count). The second-order valence-electron chi connectivity index (χ2n) is 6.25. The maximum atomic E-state index is 12.2. The smallest absolute Gasteiger partial charge is 0.339 e. The van der Waals surface area contributed by atoms with E-state index in [-0.39, 0.29) is 0 Å². The van der Waals surface area contributed by atoms with Crippen molar-refractivity contribution < 1.29 is 23.8 Å². The Kier molecular flexibility index (Phi) is 6.02. The Morgan fingerprint density at radius 2 is 1.96 bits per heavy atom. The molecule has 2 atom stereocenters. The molecule has 7 heteroatoms. The van der Waals surface area contributed by atoms with Crippen molar-refractivity contribution in [1.29, 1.82) is 0 Å². The summed E-state index contributed by atoms with van der Waals surface area (Å²) in [5.41, 5.74) is 1.34. The third-order valence-corrected chi connectivity index (χ3v) is 4.30. The standard InChI is InChI=1S/C19H23NO6/c1-5-6-15(18(22)23)20-17(21)12(4)25-13-7-8-14-10(2)11(3)19(24)26-16(14)9-13/h7-9,12,15H,5-6H2,1-4H3,(H,20,21)(H,22,23)/t12-,15+/m1/s1. The third-order valence-electron chi connectivity index (χ3n) is 4.30. The highest BCUT2D eigenvalue weighted by atomic mass is 16.5. The van der Waals surface area contributed by atoms with Gasteiger partial charge in [-0.2, -0.15) is 0 Å². The summed E-state index contributed by atoms with van der Waals surface area (Å²) in [5.74, 6) is -1.24. The maximum Gasteiger partial charge on any atom is 0.339 e. The van der Waals surface area contributed by atoms with E-state index in [1.807, 2.05) is 13.8 Å². The average Bonchev–Trinajstić information content (AvgIpc) is 2.59. The van der Waals surface area contributed by atoms with Crippen LogP contribution < -0.4 is 15.7 Å². The van der Waals surface area contributed by atoms with Gasteiger partial charge < -0.3 is 19.6 Å². The number of carbonyl (C=O) groups is 2. The first-order valence-corrected chi connectivity index (χ1v) is 8.48. The average molecular weight is 361 g/mol. The van der Waals surface area contributed by atoms with Crippen LogP contribution in [0.15, 0.2) is 27.4 Å². The Bertz CT molecular complexity index is 885. The molecule has 1 aromatic heterocycles. The molecule has 0 aliphatic heterocycles. The lowest BCUT2D eigenvalue weighted by atomic mass is 10.1. The first-order chi connectivity index (χ1) is 12.2. The van der Waals surface area contributed by atoms with Gasteiger partial charge in [0.25, 0.3) is 5.91 Å². The van der Waals surface area contributed by atoms with Gasteiger partial charge in [-0.25, -0.2) is 9.59 Å². The molecule has 1 heterocycles. The van der Waals surface area contributed by atoms with Crippen LogP contribution >= 0.6 is 0 Å². The van der Waals surface area contributed by atoms with Crippen molar-refractivity contribution in [3.05, 3.63) is 39.7 Å². The normalized spacial score (nSPS) is 13.2. The van der Waals surface area contributed by atoms with Gasteiger partial charge in [0.15, 0.2) is 6.10 Å². The number of carbonyl (C=O) groups excluding carboxylic acids is 1. The first kappa shape index (κ1) is 19.5. The minimum Gasteiger partial charge on any atom is -0.481 e. The summed E-state index contributed by atoms with van der Waals surface area (Å²) in [6, 6.07) is 4.05. The quantitative estimate of drug-likeness (QED) is 0.734. The molecule has 0 bridgehead atoms. The zero-order valence-corrected chi connectivity index (χ0v) is 15.3. The molecule has 0 saturated heterocycles. The predicted molar refractivity (Wildman–Crippen MR) is 96.5 cm³/mol. The number of carboxylic acids is 1. The van der Waals surface area contributed by atoms with Gasteiger partial charge in [0.05, 0.1) is 0 Å². The van der Waals surface area contributed by atoms with E-state index in [1.54, 1.807) is 25.1 Å². The van der Waals surface area contributed by atoms with E-state index in [2.05, 4.69) is 5.32 Å². The van der Waals surface area contributed by atoms with Crippen LogP contribution in [0.2, 0.25) is 0 Å². The largest absolute Gasteiger partial charge is 0.481 e. The number of rotatable bonds is 7. The van der Waals surface area contributed by atoms with E-state index in [9.17, 15) is 14.4 Å². The number of ether oxygens (including phenoxy) is 1. The lowest BCUT2D eigenvalue weighted by Gasteiger charge is -2.18. The molecule has 0 spiro atoms. The summed E-state index contributed by atoms with van der Waals surface area (Å²) in [6.45, 7) is 6.91. The Morgan fingerprint density at radius 3 is 2.58 bits per heavy atom. The molecular weight excluding hydrogens is 338 g/mol. The molecule has 0 aliphatic carbocycles. The van der Waals surface area contributed by atoms with Crippen LogP contribution in [-0.4, -0.2) is 29.1 Å². The molecule has 1 aromatic carbocycles. The van der Waals surface area contributed by atoms with Crippen LogP contribution in [0.1, 0.15) is 37.8 Å². The zero-order valence-electron chi connectivity index (χ0n) is 15.3. The van der Waals surface area contributed by atoms with Crippen molar-refractivity contribution in [3.63, 3.8) is 0 Å². The summed E-state index contributed by atoms with van der Waals surface area (Å²) in [4.78, 5) is 35.1. The molecule has 0 unspecified atom stereocenters. The van der Waals surface area contributed by atoms with Crippen LogP contribution in [0.4, 0.5) is 0 Å². The molecule has 0 fully saturated rings. The lowest BCUT2D eigenvalue weighted by Crippen LogP contribution is -2.46. The summed E-state index contributed by atoms with van der Waals surface area (Å²) in [7, 11) is 0. The van der Waals surface area contributed by atoms with Crippen LogP contribution in [0, 0.1) is 13.8 Å². The van der Waals surface area contributed by atoms with Gasteiger partial charge in [-0.05, 0) is 44.9 Å². The highest BCUT2D eigenvalue weighted by Crippen LogP contribution is 2.24. The van der Waals surface area contributed by atoms with E-state index < -0.39 is 29.6 Å². The number of nitrogens with one attached hydrogen (secondary N) is 1.